The standard InChI is InChI=1S/C10H6ClFOS/c1-5-6-2-8(12)7(11)3-9(6)14-10(5)4-13/h2-4H,1H3. The second-order valence-corrected chi connectivity index (χ2v) is 4.46. The summed E-state index contributed by atoms with van der Waals surface area (Å²) in [5.41, 5.74) is 0.815. The van der Waals surface area contributed by atoms with Crippen molar-refractivity contribution in [2.24, 2.45) is 0 Å². The van der Waals surface area contributed by atoms with E-state index < -0.39 is 5.82 Å². The third kappa shape index (κ3) is 1.33. The Morgan fingerprint density at radius 2 is 2.21 bits per heavy atom. The lowest BCUT2D eigenvalue weighted by molar-refractivity contribution is 0.112. The molecule has 2 rings (SSSR count). The van der Waals surface area contributed by atoms with Crippen molar-refractivity contribution in [1.29, 1.82) is 0 Å². The summed E-state index contributed by atoms with van der Waals surface area (Å²) >= 11 is 6.96. The molecule has 0 bridgehead atoms. The Bertz CT molecular complexity index is 518. The molecule has 0 amide bonds. The van der Waals surface area contributed by atoms with Crippen LogP contribution in [0.4, 0.5) is 4.39 Å². The van der Waals surface area contributed by atoms with Crippen molar-refractivity contribution in [3.63, 3.8) is 0 Å². The maximum atomic E-state index is 13.1. The number of halogens is 2. The highest BCUT2D eigenvalue weighted by Crippen LogP contribution is 2.32. The van der Waals surface area contributed by atoms with Crippen LogP contribution >= 0.6 is 22.9 Å². The van der Waals surface area contributed by atoms with Crippen molar-refractivity contribution < 1.29 is 9.18 Å². The van der Waals surface area contributed by atoms with Crippen LogP contribution in [0, 0.1) is 12.7 Å². The van der Waals surface area contributed by atoms with E-state index in [1.807, 2.05) is 0 Å². The SMILES string of the molecule is Cc1c(C=O)sc2cc(Cl)c(F)cc12. The Morgan fingerprint density at radius 3 is 2.86 bits per heavy atom. The van der Waals surface area contributed by atoms with Gasteiger partial charge in [0.1, 0.15) is 5.82 Å². The van der Waals surface area contributed by atoms with Crippen molar-refractivity contribution >= 4 is 39.3 Å². The summed E-state index contributed by atoms with van der Waals surface area (Å²) in [5, 5.41) is 0.857. The highest BCUT2D eigenvalue weighted by atomic mass is 35.5. The molecule has 1 heterocycles. The lowest BCUT2D eigenvalue weighted by Gasteiger charge is -1.94. The topological polar surface area (TPSA) is 17.1 Å². The number of thiophene rings is 1. The zero-order valence-electron chi connectivity index (χ0n) is 7.30. The highest BCUT2D eigenvalue weighted by molar-refractivity contribution is 7.20. The predicted octanol–water partition coefficient (Wildman–Crippen LogP) is 3.81. The summed E-state index contributed by atoms with van der Waals surface area (Å²) in [4.78, 5) is 11.3. The summed E-state index contributed by atoms with van der Waals surface area (Å²) in [6.45, 7) is 1.80. The van der Waals surface area contributed by atoms with Crippen LogP contribution in [-0.4, -0.2) is 6.29 Å². The van der Waals surface area contributed by atoms with E-state index >= 15 is 0 Å². The van der Waals surface area contributed by atoms with Gasteiger partial charge in [-0.1, -0.05) is 11.6 Å². The number of benzene rings is 1. The fourth-order valence-electron chi connectivity index (χ4n) is 1.35. The lowest BCUT2D eigenvalue weighted by Crippen LogP contribution is -1.78. The van der Waals surface area contributed by atoms with Crippen LogP contribution in [0.15, 0.2) is 12.1 Å². The number of rotatable bonds is 1. The normalized spacial score (nSPS) is 10.8. The summed E-state index contributed by atoms with van der Waals surface area (Å²) in [6, 6.07) is 2.92. The number of fused-ring (bicyclic) bond motifs is 1. The Labute approximate surface area is 89.1 Å². The monoisotopic (exact) mass is 228 g/mol. The maximum Gasteiger partial charge on any atom is 0.160 e. The minimum absolute atomic E-state index is 0.0937. The molecular weight excluding hydrogens is 223 g/mol. The van der Waals surface area contributed by atoms with Gasteiger partial charge in [-0.3, -0.25) is 4.79 Å². The first-order chi connectivity index (χ1) is 6.63. The van der Waals surface area contributed by atoms with E-state index in [4.69, 9.17) is 11.6 Å². The van der Waals surface area contributed by atoms with Crippen LogP contribution in [-0.2, 0) is 0 Å². The van der Waals surface area contributed by atoms with Crippen LogP contribution in [0.3, 0.4) is 0 Å². The molecule has 72 valence electrons. The summed E-state index contributed by atoms with van der Waals surface area (Å²) in [7, 11) is 0. The van der Waals surface area contributed by atoms with Gasteiger partial charge in [-0.15, -0.1) is 11.3 Å². The molecule has 0 fully saturated rings. The van der Waals surface area contributed by atoms with Gasteiger partial charge in [0, 0.05) is 4.70 Å². The molecule has 0 radical (unpaired) electrons. The molecule has 0 spiro atoms. The van der Waals surface area contributed by atoms with E-state index in [-0.39, 0.29) is 5.02 Å². The van der Waals surface area contributed by atoms with Gasteiger partial charge in [-0.05, 0) is 30.0 Å². The molecular formula is C10H6ClFOS. The summed E-state index contributed by atoms with van der Waals surface area (Å²) in [5.74, 6) is -0.447. The molecule has 4 heteroatoms. The van der Waals surface area contributed by atoms with Crippen LogP contribution < -0.4 is 0 Å². The minimum Gasteiger partial charge on any atom is -0.297 e. The van der Waals surface area contributed by atoms with Crippen molar-refractivity contribution in [3.8, 4) is 0 Å². The van der Waals surface area contributed by atoms with E-state index in [9.17, 15) is 9.18 Å². The van der Waals surface area contributed by atoms with E-state index in [2.05, 4.69) is 0 Å². The number of carbonyl (C=O) groups excluding carboxylic acids is 1. The zero-order valence-corrected chi connectivity index (χ0v) is 8.88. The first-order valence-corrected chi connectivity index (χ1v) is 5.16. The lowest BCUT2D eigenvalue weighted by atomic mass is 10.1. The van der Waals surface area contributed by atoms with Gasteiger partial charge < -0.3 is 0 Å². The molecule has 0 N–H and O–H groups in total. The van der Waals surface area contributed by atoms with E-state index in [1.54, 1.807) is 13.0 Å². The third-order valence-electron chi connectivity index (χ3n) is 2.12. The first-order valence-electron chi connectivity index (χ1n) is 3.97. The fraction of sp³-hybridized carbons (Fsp3) is 0.100. The number of aldehydes is 1. The average molecular weight is 229 g/mol. The van der Waals surface area contributed by atoms with Gasteiger partial charge in [0.05, 0.1) is 9.90 Å². The second-order valence-electron chi connectivity index (χ2n) is 2.97. The zero-order chi connectivity index (χ0) is 10.3. The van der Waals surface area contributed by atoms with Gasteiger partial charge in [0.15, 0.2) is 6.29 Å². The van der Waals surface area contributed by atoms with Crippen LogP contribution in [0.5, 0.6) is 0 Å². The van der Waals surface area contributed by atoms with Gasteiger partial charge in [-0.25, -0.2) is 4.39 Å². The van der Waals surface area contributed by atoms with Crippen LogP contribution in [0.1, 0.15) is 15.2 Å². The largest absolute Gasteiger partial charge is 0.297 e. The summed E-state index contributed by atoms with van der Waals surface area (Å²) < 4.78 is 14.0. The fourth-order valence-corrected chi connectivity index (χ4v) is 2.62. The molecule has 2 aromatic rings. The summed E-state index contributed by atoms with van der Waals surface area (Å²) in [6.07, 6.45) is 0.784. The van der Waals surface area contributed by atoms with E-state index in [0.717, 1.165) is 21.9 Å². The second kappa shape index (κ2) is 3.33. The molecule has 14 heavy (non-hydrogen) atoms. The van der Waals surface area contributed by atoms with Crippen molar-refractivity contribution in [3.05, 3.63) is 33.4 Å². The predicted molar refractivity (Wildman–Crippen MR) is 56.9 cm³/mol. The van der Waals surface area contributed by atoms with Crippen molar-refractivity contribution in [2.75, 3.05) is 0 Å². The smallest absolute Gasteiger partial charge is 0.160 e. The molecule has 1 nitrogen and oxygen atoms in total. The number of aryl methyl sites for hydroxylation is 1. The van der Waals surface area contributed by atoms with E-state index in [0.29, 0.717) is 4.88 Å². The highest BCUT2D eigenvalue weighted by Gasteiger charge is 2.10. The van der Waals surface area contributed by atoms with Gasteiger partial charge in [0.25, 0.3) is 0 Å². The number of hydrogen-bond acceptors (Lipinski definition) is 2. The van der Waals surface area contributed by atoms with Crippen molar-refractivity contribution in [2.45, 2.75) is 6.92 Å². The van der Waals surface area contributed by atoms with Gasteiger partial charge in [-0.2, -0.15) is 0 Å². The van der Waals surface area contributed by atoms with Crippen LogP contribution in [0.2, 0.25) is 5.02 Å². The number of hydrogen-bond donors (Lipinski definition) is 0. The van der Waals surface area contributed by atoms with E-state index in [1.165, 1.54) is 17.4 Å². The average Bonchev–Trinajstić information content (AvgIpc) is 2.45. The molecule has 0 aliphatic carbocycles. The molecule has 0 aliphatic rings. The van der Waals surface area contributed by atoms with Gasteiger partial charge in [0.2, 0.25) is 0 Å². The third-order valence-corrected chi connectivity index (χ3v) is 3.59. The quantitative estimate of drug-likeness (QED) is 0.679. The molecule has 0 atom stereocenters. The van der Waals surface area contributed by atoms with Crippen molar-refractivity contribution in [1.82, 2.24) is 0 Å². The molecule has 0 aliphatic heterocycles. The first kappa shape index (κ1) is 9.62. The number of carbonyl (C=O) groups is 1. The van der Waals surface area contributed by atoms with Gasteiger partial charge >= 0.3 is 0 Å². The Morgan fingerprint density at radius 1 is 1.50 bits per heavy atom. The van der Waals surface area contributed by atoms with Crippen LogP contribution in [0.25, 0.3) is 10.1 Å². The molecule has 0 saturated carbocycles. The molecule has 1 aromatic carbocycles. The molecule has 1 aromatic heterocycles. The Hall–Kier alpha value is -0.930. The Balaban J connectivity index is 2.86. The maximum absolute atomic E-state index is 13.1. The molecule has 0 unspecified atom stereocenters. The minimum atomic E-state index is -0.447. The molecule has 0 saturated heterocycles. The Kier molecular flexibility index (Phi) is 2.29.